The Morgan fingerprint density at radius 3 is 2.74 bits per heavy atom. The Bertz CT molecular complexity index is 911. The third-order valence-electron chi connectivity index (χ3n) is 3.14. The summed E-state index contributed by atoms with van der Waals surface area (Å²) in [7, 11) is 1.45. The first-order chi connectivity index (χ1) is 11.0. The number of aryl methyl sites for hydroxylation is 1. The van der Waals surface area contributed by atoms with E-state index < -0.39 is 11.8 Å². The number of carbonyl (C=O) groups is 2. The number of primary amides is 1. The zero-order chi connectivity index (χ0) is 16.6. The van der Waals surface area contributed by atoms with E-state index >= 15 is 0 Å². The predicted molar refractivity (Wildman–Crippen MR) is 80.4 cm³/mol. The number of benzene rings is 1. The van der Waals surface area contributed by atoms with Crippen molar-refractivity contribution in [2.75, 3.05) is 12.4 Å². The van der Waals surface area contributed by atoms with Crippen molar-refractivity contribution in [3.63, 3.8) is 0 Å². The van der Waals surface area contributed by atoms with Crippen molar-refractivity contribution in [3.8, 4) is 5.75 Å². The topological polar surface area (TPSA) is 136 Å². The number of carbonyl (C=O) groups excluding carboxylic acids is 2. The van der Waals surface area contributed by atoms with Crippen LogP contribution >= 0.6 is 0 Å². The third-order valence-corrected chi connectivity index (χ3v) is 3.14. The van der Waals surface area contributed by atoms with Gasteiger partial charge in [-0.2, -0.15) is 0 Å². The molecule has 1 aromatic carbocycles. The lowest BCUT2D eigenvalue weighted by atomic mass is 10.2. The molecule has 0 aliphatic rings. The fourth-order valence-corrected chi connectivity index (χ4v) is 2.08. The van der Waals surface area contributed by atoms with Gasteiger partial charge in [-0.3, -0.25) is 14.9 Å². The molecule has 4 N–H and O–H groups in total. The van der Waals surface area contributed by atoms with Gasteiger partial charge in [0, 0.05) is 11.6 Å². The molecule has 0 aliphatic heterocycles. The van der Waals surface area contributed by atoms with E-state index in [4.69, 9.17) is 15.0 Å². The Kier molecular flexibility index (Phi) is 3.45. The average molecular weight is 315 g/mol. The van der Waals surface area contributed by atoms with E-state index in [2.05, 4.69) is 20.4 Å². The van der Waals surface area contributed by atoms with Crippen LogP contribution in [0.5, 0.6) is 5.75 Å². The van der Waals surface area contributed by atoms with Crippen molar-refractivity contribution in [2.24, 2.45) is 5.73 Å². The number of hydrogen-bond donors (Lipinski definition) is 3. The number of nitrogens with zero attached hydrogens (tertiary/aromatic N) is 2. The monoisotopic (exact) mass is 315 g/mol. The van der Waals surface area contributed by atoms with Crippen molar-refractivity contribution >= 4 is 28.8 Å². The van der Waals surface area contributed by atoms with Crippen LogP contribution in [0.1, 0.15) is 26.6 Å². The largest absolute Gasteiger partial charge is 0.494 e. The Morgan fingerprint density at radius 2 is 2.13 bits per heavy atom. The average Bonchev–Trinajstić information content (AvgIpc) is 3.11. The summed E-state index contributed by atoms with van der Waals surface area (Å²) in [6, 6.07) is 4.52. The third kappa shape index (κ3) is 2.71. The Morgan fingerprint density at radius 1 is 1.35 bits per heavy atom. The number of amides is 2. The first-order valence-corrected chi connectivity index (χ1v) is 6.60. The summed E-state index contributed by atoms with van der Waals surface area (Å²) >= 11 is 0. The molecule has 118 valence electrons. The Labute approximate surface area is 129 Å². The maximum absolute atomic E-state index is 12.0. The van der Waals surface area contributed by atoms with Crippen LogP contribution in [-0.4, -0.2) is 34.0 Å². The van der Waals surface area contributed by atoms with Crippen LogP contribution in [0, 0.1) is 6.92 Å². The molecule has 0 unspecified atom stereocenters. The van der Waals surface area contributed by atoms with Gasteiger partial charge in [0.1, 0.15) is 11.3 Å². The number of nitrogens with one attached hydrogen (secondary N) is 2. The Balaban J connectivity index is 1.96. The van der Waals surface area contributed by atoms with Crippen molar-refractivity contribution in [1.82, 2.24) is 15.1 Å². The minimum atomic E-state index is -0.595. The summed E-state index contributed by atoms with van der Waals surface area (Å²) in [5.41, 5.74) is 7.09. The van der Waals surface area contributed by atoms with E-state index in [-0.39, 0.29) is 17.3 Å². The zero-order valence-electron chi connectivity index (χ0n) is 12.3. The van der Waals surface area contributed by atoms with Crippen molar-refractivity contribution in [1.29, 1.82) is 0 Å². The van der Waals surface area contributed by atoms with Gasteiger partial charge in [0.25, 0.3) is 5.91 Å². The van der Waals surface area contributed by atoms with Crippen molar-refractivity contribution in [3.05, 3.63) is 35.2 Å². The van der Waals surface area contributed by atoms with Crippen LogP contribution in [0.25, 0.3) is 11.0 Å². The molecule has 0 radical (unpaired) electrons. The van der Waals surface area contributed by atoms with E-state index in [9.17, 15) is 9.59 Å². The molecular weight excluding hydrogens is 302 g/mol. The number of aromatic nitrogens is 3. The summed E-state index contributed by atoms with van der Waals surface area (Å²) in [6.45, 7) is 1.71. The molecule has 2 aromatic heterocycles. The highest BCUT2D eigenvalue weighted by Gasteiger charge is 2.16. The molecule has 0 saturated heterocycles. The fourth-order valence-electron chi connectivity index (χ4n) is 2.08. The lowest BCUT2D eigenvalue weighted by Gasteiger charge is -2.02. The van der Waals surface area contributed by atoms with Gasteiger partial charge < -0.3 is 20.0 Å². The first kappa shape index (κ1) is 14.6. The van der Waals surface area contributed by atoms with E-state index in [0.717, 1.165) is 0 Å². The molecule has 0 aliphatic carbocycles. The highest BCUT2D eigenvalue weighted by Crippen LogP contribution is 2.27. The number of methoxy groups -OCH3 is 1. The van der Waals surface area contributed by atoms with E-state index in [0.29, 0.717) is 22.5 Å². The molecule has 2 heterocycles. The molecule has 3 aromatic rings. The van der Waals surface area contributed by atoms with Crippen LogP contribution in [0.2, 0.25) is 0 Å². The van der Waals surface area contributed by atoms with Gasteiger partial charge in [-0.25, -0.2) is 4.98 Å². The number of nitrogens with two attached hydrogens (primary N) is 1. The number of anilines is 1. The van der Waals surface area contributed by atoms with E-state index in [1.54, 1.807) is 6.92 Å². The SMILES string of the molecule is COc1cc(C(N)=O)cc2[nH]c(NC(=O)c3cc(C)no3)nc12. The number of rotatable bonds is 4. The van der Waals surface area contributed by atoms with Crippen molar-refractivity contribution in [2.45, 2.75) is 6.92 Å². The van der Waals surface area contributed by atoms with Gasteiger partial charge in [0.05, 0.1) is 18.3 Å². The zero-order valence-corrected chi connectivity index (χ0v) is 12.3. The molecule has 3 rings (SSSR count). The normalized spacial score (nSPS) is 10.7. The van der Waals surface area contributed by atoms with Gasteiger partial charge in [-0.15, -0.1) is 0 Å². The minimum absolute atomic E-state index is 0.0627. The number of H-pyrrole nitrogens is 1. The van der Waals surface area contributed by atoms with Crippen LogP contribution in [0.4, 0.5) is 5.95 Å². The molecule has 2 amide bonds. The summed E-state index contributed by atoms with van der Waals surface area (Å²) in [5.74, 6) is -0.489. The van der Waals surface area contributed by atoms with Gasteiger partial charge in [0.15, 0.2) is 0 Å². The Hall–Kier alpha value is -3.36. The second-order valence-corrected chi connectivity index (χ2v) is 4.81. The lowest BCUT2D eigenvalue weighted by Crippen LogP contribution is -2.11. The van der Waals surface area contributed by atoms with Crippen LogP contribution in [0.15, 0.2) is 22.7 Å². The lowest BCUT2D eigenvalue weighted by molar-refractivity contribution is 0.0983. The van der Waals surface area contributed by atoms with E-state index in [1.165, 1.54) is 25.3 Å². The number of aromatic amines is 1. The quantitative estimate of drug-likeness (QED) is 0.662. The van der Waals surface area contributed by atoms with Gasteiger partial charge in [-0.1, -0.05) is 5.16 Å². The van der Waals surface area contributed by atoms with Crippen LogP contribution in [-0.2, 0) is 0 Å². The highest BCUT2D eigenvalue weighted by atomic mass is 16.5. The summed E-state index contributed by atoms with van der Waals surface area (Å²) in [6.07, 6.45) is 0. The predicted octanol–water partition coefficient (Wildman–Crippen LogP) is 1.22. The highest BCUT2D eigenvalue weighted by molar-refractivity contribution is 6.03. The van der Waals surface area contributed by atoms with Crippen LogP contribution in [0.3, 0.4) is 0 Å². The molecular formula is C14H13N5O4. The molecule has 9 nitrogen and oxygen atoms in total. The van der Waals surface area contributed by atoms with Crippen molar-refractivity contribution < 1.29 is 18.8 Å². The standard InChI is InChI=1S/C14H13N5O4/c1-6-3-10(23-19-6)13(21)18-14-16-8-4-7(12(15)20)5-9(22-2)11(8)17-14/h3-5H,1-2H3,(H2,15,20)(H2,16,17,18,21). The van der Waals surface area contributed by atoms with Crippen LogP contribution < -0.4 is 15.8 Å². The molecule has 0 spiro atoms. The number of fused-ring (bicyclic) bond motifs is 1. The molecule has 0 saturated carbocycles. The summed E-state index contributed by atoms with van der Waals surface area (Å²) < 4.78 is 10.1. The second kappa shape index (κ2) is 5.44. The molecule has 0 atom stereocenters. The molecule has 9 heteroatoms. The summed E-state index contributed by atoms with van der Waals surface area (Å²) in [4.78, 5) is 30.5. The minimum Gasteiger partial charge on any atom is -0.494 e. The molecule has 0 bridgehead atoms. The number of ether oxygens (including phenoxy) is 1. The van der Waals surface area contributed by atoms with Gasteiger partial charge in [0.2, 0.25) is 17.6 Å². The maximum atomic E-state index is 12.0. The molecule has 23 heavy (non-hydrogen) atoms. The first-order valence-electron chi connectivity index (χ1n) is 6.60. The van der Waals surface area contributed by atoms with Gasteiger partial charge in [-0.05, 0) is 19.1 Å². The number of hydrogen-bond acceptors (Lipinski definition) is 6. The van der Waals surface area contributed by atoms with E-state index in [1.807, 2.05) is 0 Å². The fraction of sp³-hybridized carbons (Fsp3) is 0.143. The van der Waals surface area contributed by atoms with Gasteiger partial charge >= 0.3 is 0 Å². The smallest absolute Gasteiger partial charge is 0.296 e. The molecule has 0 fully saturated rings. The summed E-state index contributed by atoms with van der Waals surface area (Å²) in [5, 5.41) is 6.19. The number of imidazole rings is 1. The maximum Gasteiger partial charge on any atom is 0.296 e. The second-order valence-electron chi connectivity index (χ2n) is 4.81.